The molecule has 248 valence electrons. The Balaban J connectivity index is 1.22. The number of fused-ring (bicyclic) bond motifs is 7. The first-order valence-electron chi connectivity index (χ1n) is 16.2. The summed E-state index contributed by atoms with van der Waals surface area (Å²) in [6.07, 6.45) is 0.259. The molecule has 0 radical (unpaired) electrons. The number of halogens is 1. The van der Waals surface area contributed by atoms with Crippen molar-refractivity contribution in [2.24, 2.45) is 0 Å². The summed E-state index contributed by atoms with van der Waals surface area (Å²) in [5, 5.41) is 5.95. The smallest absolute Gasteiger partial charge is 0.258 e. The van der Waals surface area contributed by atoms with Crippen molar-refractivity contribution in [3.05, 3.63) is 95.4 Å². The summed E-state index contributed by atoms with van der Waals surface area (Å²) in [6, 6.07) is 20.5. The topological polar surface area (TPSA) is 118 Å². The highest BCUT2D eigenvalue weighted by molar-refractivity contribution is 5.96. The quantitative estimate of drug-likeness (QED) is 0.341. The average Bonchev–Trinajstić information content (AvgIpc) is 3.52. The molecular weight excluding hydrogens is 615 g/mol. The first-order valence-corrected chi connectivity index (χ1v) is 16.2. The number of ether oxygens (including phenoxy) is 3. The van der Waals surface area contributed by atoms with Crippen LogP contribution in [0.2, 0.25) is 0 Å². The molecule has 4 aliphatic rings. The fourth-order valence-corrected chi connectivity index (χ4v) is 6.09. The minimum Gasteiger partial charge on any atom is -0.486 e. The molecule has 2 saturated heterocycles. The van der Waals surface area contributed by atoms with E-state index in [9.17, 15) is 9.59 Å². The van der Waals surface area contributed by atoms with Crippen molar-refractivity contribution in [1.29, 1.82) is 0 Å². The fourth-order valence-electron chi connectivity index (χ4n) is 6.09. The molecule has 6 bridgehead atoms. The molecule has 3 aromatic carbocycles. The number of carbonyl (C=O) groups excluding carboxylic acids is 2. The predicted octanol–water partition coefficient (Wildman–Crippen LogP) is 3.76. The molecule has 2 amide bonds. The molecule has 0 aliphatic carbocycles. The van der Waals surface area contributed by atoms with Crippen molar-refractivity contribution in [2.45, 2.75) is 32.0 Å². The maximum atomic E-state index is 15.2. The Hall–Kier alpha value is -5.23. The molecule has 1 aromatic heterocycles. The van der Waals surface area contributed by atoms with Gasteiger partial charge in [-0.1, -0.05) is 37.3 Å². The number of nitrogens with zero attached hydrogens (tertiary/aromatic N) is 4. The molecule has 0 saturated carbocycles. The van der Waals surface area contributed by atoms with Gasteiger partial charge in [0.25, 0.3) is 11.8 Å². The normalized spacial score (nSPS) is 19.9. The van der Waals surface area contributed by atoms with Gasteiger partial charge in [-0.25, -0.2) is 9.37 Å². The first kappa shape index (κ1) is 31.4. The van der Waals surface area contributed by atoms with Crippen molar-refractivity contribution in [3.63, 3.8) is 0 Å². The number of carbonyl (C=O) groups is 2. The number of anilines is 2. The predicted molar refractivity (Wildman–Crippen MR) is 178 cm³/mol. The number of amides is 2. The third-order valence-electron chi connectivity index (χ3n) is 8.77. The van der Waals surface area contributed by atoms with E-state index < -0.39 is 23.9 Å². The van der Waals surface area contributed by atoms with E-state index in [1.807, 2.05) is 36.4 Å². The minimum atomic E-state index is -0.635. The molecule has 5 heterocycles. The standard InChI is InChI=1S/C36H37FN6O5/c1-2-26-18-33(41-36(39-26)42-12-14-46-15-13-42)43-20-31-32(21-43)48-27-9-6-23(7-10-27)19-38-34(44)22-47-28-5-3-4-24(16-28)25-8-11-30(37)29(17-25)35(45)40-31/h3-11,16-18,31-32H,2,12-15,19-22H2,1H3,(H,38,44)(H,40,45)/t31-,32-/m0/s1. The van der Waals surface area contributed by atoms with Crippen LogP contribution in [0.3, 0.4) is 0 Å². The number of aryl methyl sites for hydroxylation is 1. The van der Waals surface area contributed by atoms with E-state index >= 15 is 4.39 Å². The van der Waals surface area contributed by atoms with Gasteiger partial charge in [-0.15, -0.1) is 0 Å². The lowest BCUT2D eigenvalue weighted by Crippen LogP contribution is -2.45. The van der Waals surface area contributed by atoms with Crippen molar-refractivity contribution < 1.29 is 28.2 Å². The largest absolute Gasteiger partial charge is 0.486 e. The highest BCUT2D eigenvalue weighted by atomic mass is 19.1. The van der Waals surface area contributed by atoms with Crippen molar-refractivity contribution in [2.75, 3.05) is 55.8 Å². The summed E-state index contributed by atoms with van der Waals surface area (Å²) in [5.41, 5.74) is 3.07. The lowest BCUT2D eigenvalue weighted by atomic mass is 10.0. The lowest BCUT2D eigenvalue weighted by molar-refractivity contribution is -0.123. The van der Waals surface area contributed by atoms with Crippen LogP contribution in [-0.4, -0.2) is 79.9 Å². The van der Waals surface area contributed by atoms with Crippen LogP contribution in [0.5, 0.6) is 11.5 Å². The molecule has 0 spiro atoms. The van der Waals surface area contributed by atoms with Gasteiger partial charge in [0.15, 0.2) is 6.61 Å². The SMILES string of the molecule is CCc1cc(N2C[C@@H]3NC(=O)c4cc(ccc4F)-c4cccc(c4)OCC(=O)NCc4ccc(cc4)O[C@H]3C2)nc(N2CCOCC2)n1. The molecule has 2 fully saturated rings. The van der Waals surface area contributed by atoms with E-state index in [2.05, 4.69) is 27.4 Å². The van der Waals surface area contributed by atoms with E-state index in [4.69, 9.17) is 24.2 Å². The Labute approximate surface area is 278 Å². The molecule has 0 unspecified atom stereocenters. The zero-order valence-electron chi connectivity index (χ0n) is 26.7. The summed E-state index contributed by atoms with van der Waals surface area (Å²) in [7, 11) is 0. The van der Waals surface area contributed by atoms with Crippen molar-refractivity contribution >= 4 is 23.6 Å². The van der Waals surface area contributed by atoms with Crippen LogP contribution >= 0.6 is 0 Å². The number of nitrogens with one attached hydrogen (secondary N) is 2. The van der Waals surface area contributed by atoms with Crippen LogP contribution < -0.4 is 29.9 Å². The van der Waals surface area contributed by atoms with Gasteiger partial charge in [0.05, 0.1) is 31.4 Å². The minimum absolute atomic E-state index is 0.0842. The van der Waals surface area contributed by atoms with Crippen LogP contribution in [0.25, 0.3) is 11.1 Å². The Kier molecular flexibility index (Phi) is 9.06. The van der Waals surface area contributed by atoms with Crippen molar-refractivity contribution in [1.82, 2.24) is 20.6 Å². The number of morpholine rings is 1. The van der Waals surface area contributed by atoms with Gasteiger partial charge >= 0.3 is 0 Å². The number of hydrogen-bond acceptors (Lipinski definition) is 9. The van der Waals surface area contributed by atoms with Gasteiger partial charge in [-0.3, -0.25) is 9.59 Å². The summed E-state index contributed by atoms with van der Waals surface area (Å²) in [4.78, 5) is 40.2. The van der Waals surface area contributed by atoms with E-state index in [1.165, 1.54) is 12.1 Å². The zero-order chi connectivity index (χ0) is 33.0. The first-order chi connectivity index (χ1) is 23.4. The van der Waals surface area contributed by atoms with Crippen LogP contribution in [0.1, 0.15) is 28.5 Å². The van der Waals surface area contributed by atoms with Gasteiger partial charge in [0.2, 0.25) is 5.95 Å². The lowest BCUT2D eigenvalue weighted by Gasteiger charge is -2.28. The van der Waals surface area contributed by atoms with Gasteiger partial charge in [-0.2, -0.15) is 4.98 Å². The second-order valence-electron chi connectivity index (χ2n) is 12.0. The molecule has 12 heteroatoms. The Morgan fingerprint density at radius 3 is 2.52 bits per heavy atom. The van der Waals surface area contributed by atoms with Crippen LogP contribution in [-0.2, 0) is 22.5 Å². The third kappa shape index (κ3) is 7.03. The van der Waals surface area contributed by atoms with Gasteiger partial charge in [0.1, 0.15) is 29.2 Å². The molecule has 48 heavy (non-hydrogen) atoms. The number of aromatic nitrogens is 2. The Morgan fingerprint density at radius 2 is 1.71 bits per heavy atom. The maximum absolute atomic E-state index is 15.2. The second kappa shape index (κ2) is 13.9. The molecular formula is C36H37FN6O5. The van der Waals surface area contributed by atoms with Crippen LogP contribution in [0.15, 0.2) is 72.8 Å². The van der Waals surface area contributed by atoms with Gasteiger partial charge in [-0.05, 0) is 59.5 Å². The number of hydrogen-bond donors (Lipinski definition) is 2. The maximum Gasteiger partial charge on any atom is 0.258 e. The Bertz CT molecular complexity index is 1800. The number of rotatable bonds is 3. The molecule has 4 aromatic rings. The summed E-state index contributed by atoms with van der Waals surface area (Å²) in [6.45, 7) is 5.69. The van der Waals surface area contributed by atoms with Gasteiger partial charge in [0, 0.05) is 37.9 Å². The van der Waals surface area contributed by atoms with E-state index in [0.717, 1.165) is 29.1 Å². The summed E-state index contributed by atoms with van der Waals surface area (Å²) in [5.74, 6) is 1.02. The van der Waals surface area contributed by atoms with Crippen LogP contribution in [0.4, 0.5) is 16.2 Å². The molecule has 2 N–H and O–H groups in total. The molecule has 4 aliphatic heterocycles. The second-order valence-corrected chi connectivity index (χ2v) is 12.0. The van der Waals surface area contributed by atoms with Gasteiger partial charge < -0.3 is 34.6 Å². The van der Waals surface area contributed by atoms with E-state index in [0.29, 0.717) is 68.9 Å². The van der Waals surface area contributed by atoms with Crippen molar-refractivity contribution in [3.8, 4) is 22.6 Å². The monoisotopic (exact) mass is 652 g/mol. The molecule has 2 atom stereocenters. The molecule has 8 rings (SSSR count). The third-order valence-corrected chi connectivity index (χ3v) is 8.77. The fraction of sp³-hybridized carbons (Fsp3) is 0.333. The van der Waals surface area contributed by atoms with Crippen LogP contribution in [0, 0.1) is 5.82 Å². The average molecular weight is 653 g/mol. The van der Waals surface area contributed by atoms with E-state index in [1.54, 1.807) is 24.3 Å². The summed E-state index contributed by atoms with van der Waals surface area (Å²) < 4.78 is 33.0. The zero-order valence-corrected chi connectivity index (χ0v) is 26.7. The highest BCUT2D eigenvalue weighted by Gasteiger charge is 2.37. The highest BCUT2D eigenvalue weighted by Crippen LogP contribution is 2.29. The Morgan fingerprint density at radius 1 is 0.896 bits per heavy atom. The molecule has 11 nitrogen and oxygen atoms in total. The van der Waals surface area contributed by atoms with E-state index in [-0.39, 0.29) is 18.1 Å². The number of benzene rings is 3. The summed E-state index contributed by atoms with van der Waals surface area (Å²) >= 11 is 0.